The maximum absolute atomic E-state index is 11.2. The number of hydrogen-bond acceptors (Lipinski definition) is 3. The van der Waals surface area contributed by atoms with Crippen molar-refractivity contribution in [2.45, 2.75) is 32.9 Å². The zero-order valence-corrected chi connectivity index (χ0v) is 8.89. The molecule has 4 heteroatoms. The van der Waals surface area contributed by atoms with Gasteiger partial charge in [-0.15, -0.1) is 0 Å². The van der Waals surface area contributed by atoms with E-state index in [-0.39, 0.29) is 18.1 Å². The summed E-state index contributed by atoms with van der Waals surface area (Å²) in [7, 11) is 1.76. The average Bonchev–Trinajstić information content (AvgIpc) is 2.10. The van der Waals surface area contributed by atoms with Gasteiger partial charge in [-0.1, -0.05) is 0 Å². The minimum absolute atomic E-state index is 0.00913. The summed E-state index contributed by atoms with van der Waals surface area (Å²) in [6.07, 6.45) is 0.221. The monoisotopic (exact) mass is 188 g/mol. The number of rotatable bonds is 6. The number of amides is 1. The van der Waals surface area contributed by atoms with Crippen LogP contribution in [-0.2, 0) is 9.53 Å². The molecule has 0 saturated carbocycles. The molecule has 0 bridgehead atoms. The summed E-state index contributed by atoms with van der Waals surface area (Å²) in [6.45, 7) is 6.90. The third-order valence-corrected chi connectivity index (χ3v) is 1.68. The van der Waals surface area contributed by atoms with Crippen LogP contribution in [0.2, 0.25) is 0 Å². The van der Waals surface area contributed by atoms with Crippen LogP contribution in [0.4, 0.5) is 0 Å². The molecular formula is C9H20N2O2. The maximum Gasteiger partial charge on any atom is 0.236 e. The number of ether oxygens (including phenoxy) is 1. The molecule has 0 heterocycles. The van der Waals surface area contributed by atoms with Crippen molar-refractivity contribution in [3.8, 4) is 0 Å². The summed E-state index contributed by atoms with van der Waals surface area (Å²) < 4.78 is 5.27. The molecule has 1 atom stereocenters. The summed E-state index contributed by atoms with van der Waals surface area (Å²) in [5.74, 6) is 0.00913. The van der Waals surface area contributed by atoms with Crippen LogP contribution in [0.15, 0.2) is 0 Å². The molecule has 4 nitrogen and oxygen atoms in total. The number of carbonyl (C=O) groups excluding carboxylic acids is 1. The van der Waals surface area contributed by atoms with Crippen molar-refractivity contribution < 1.29 is 9.53 Å². The van der Waals surface area contributed by atoms with Crippen molar-refractivity contribution >= 4 is 5.91 Å². The van der Waals surface area contributed by atoms with Gasteiger partial charge in [-0.25, -0.2) is 0 Å². The summed E-state index contributed by atoms with van der Waals surface area (Å²) in [4.78, 5) is 11.2. The lowest BCUT2D eigenvalue weighted by molar-refractivity contribution is -0.122. The molecule has 0 aromatic rings. The summed E-state index contributed by atoms with van der Waals surface area (Å²) in [6, 6.07) is -0.140. The van der Waals surface area contributed by atoms with Gasteiger partial charge in [0.2, 0.25) is 5.91 Å². The third-order valence-electron chi connectivity index (χ3n) is 1.68. The Morgan fingerprint density at radius 2 is 2.00 bits per heavy atom. The zero-order chi connectivity index (χ0) is 10.3. The van der Waals surface area contributed by atoms with Gasteiger partial charge in [0.25, 0.3) is 0 Å². The summed E-state index contributed by atoms with van der Waals surface area (Å²) >= 11 is 0. The fourth-order valence-electron chi connectivity index (χ4n) is 0.753. The van der Waals surface area contributed by atoms with Crippen LogP contribution in [0, 0.1) is 0 Å². The molecule has 0 aromatic heterocycles. The van der Waals surface area contributed by atoms with E-state index >= 15 is 0 Å². The minimum atomic E-state index is -0.140. The number of nitrogens with one attached hydrogen (secondary N) is 2. The fourth-order valence-corrected chi connectivity index (χ4v) is 0.753. The van der Waals surface area contributed by atoms with E-state index in [1.807, 2.05) is 20.8 Å². The van der Waals surface area contributed by atoms with Crippen molar-refractivity contribution in [2.75, 3.05) is 20.2 Å². The van der Waals surface area contributed by atoms with Crippen LogP contribution < -0.4 is 10.6 Å². The van der Waals surface area contributed by atoms with Crippen LogP contribution >= 0.6 is 0 Å². The largest absolute Gasteiger partial charge is 0.377 e. The molecule has 0 aromatic carbocycles. The molecule has 2 N–H and O–H groups in total. The molecule has 0 radical (unpaired) electrons. The first kappa shape index (κ1) is 12.4. The SMILES string of the molecule is CN[C@@H](C)C(=O)NCCOC(C)C. The van der Waals surface area contributed by atoms with Crippen LogP contribution in [0.1, 0.15) is 20.8 Å². The highest BCUT2D eigenvalue weighted by molar-refractivity contribution is 5.81. The highest BCUT2D eigenvalue weighted by Crippen LogP contribution is 1.85. The minimum Gasteiger partial charge on any atom is -0.377 e. The van der Waals surface area contributed by atoms with Crippen molar-refractivity contribution in [3.63, 3.8) is 0 Å². The van der Waals surface area contributed by atoms with Crippen LogP contribution in [0.5, 0.6) is 0 Å². The van der Waals surface area contributed by atoms with Gasteiger partial charge in [0, 0.05) is 6.54 Å². The molecule has 78 valence electrons. The van der Waals surface area contributed by atoms with E-state index in [0.717, 1.165) is 0 Å². The average molecular weight is 188 g/mol. The second-order valence-electron chi connectivity index (χ2n) is 3.22. The standard InChI is InChI=1S/C9H20N2O2/c1-7(2)13-6-5-11-9(12)8(3)10-4/h7-8,10H,5-6H2,1-4H3,(H,11,12)/t8-/m0/s1. The first-order valence-corrected chi connectivity index (χ1v) is 4.64. The van der Waals surface area contributed by atoms with Gasteiger partial charge < -0.3 is 15.4 Å². The van der Waals surface area contributed by atoms with E-state index < -0.39 is 0 Å². The van der Waals surface area contributed by atoms with Crippen LogP contribution in [0.3, 0.4) is 0 Å². The van der Waals surface area contributed by atoms with Gasteiger partial charge >= 0.3 is 0 Å². The van der Waals surface area contributed by atoms with E-state index in [9.17, 15) is 4.79 Å². The Labute approximate surface area is 80.0 Å². The lowest BCUT2D eigenvalue weighted by Gasteiger charge is -2.12. The van der Waals surface area contributed by atoms with Crippen molar-refractivity contribution in [1.29, 1.82) is 0 Å². The molecule has 0 aliphatic rings. The summed E-state index contributed by atoms with van der Waals surface area (Å²) in [5.41, 5.74) is 0. The quantitative estimate of drug-likeness (QED) is 0.583. The number of hydrogen-bond donors (Lipinski definition) is 2. The van der Waals surface area contributed by atoms with Gasteiger partial charge in [0.15, 0.2) is 0 Å². The predicted octanol–water partition coefficient (Wildman–Crippen LogP) is 0.135. The Hall–Kier alpha value is -0.610. The Bertz CT molecular complexity index is 149. The molecule has 0 aliphatic carbocycles. The Kier molecular flexibility index (Phi) is 6.54. The normalized spacial score (nSPS) is 13.0. The topological polar surface area (TPSA) is 50.4 Å². The van der Waals surface area contributed by atoms with Gasteiger partial charge in [-0.2, -0.15) is 0 Å². The van der Waals surface area contributed by atoms with E-state index in [2.05, 4.69) is 10.6 Å². The second-order valence-corrected chi connectivity index (χ2v) is 3.22. The molecule has 0 saturated heterocycles. The van der Waals surface area contributed by atoms with Gasteiger partial charge in [-0.3, -0.25) is 4.79 Å². The van der Waals surface area contributed by atoms with Gasteiger partial charge in [-0.05, 0) is 27.8 Å². The molecule has 0 rings (SSSR count). The fraction of sp³-hybridized carbons (Fsp3) is 0.889. The highest BCUT2D eigenvalue weighted by Gasteiger charge is 2.08. The molecule has 0 aliphatic heterocycles. The maximum atomic E-state index is 11.2. The van der Waals surface area contributed by atoms with Crippen molar-refractivity contribution in [3.05, 3.63) is 0 Å². The molecule has 13 heavy (non-hydrogen) atoms. The predicted molar refractivity (Wildman–Crippen MR) is 52.6 cm³/mol. The van der Waals surface area contributed by atoms with Gasteiger partial charge in [0.1, 0.15) is 0 Å². The first-order chi connectivity index (χ1) is 6.07. The molecule has 1 amide bonds. The first-order valence-electron chi connectivity index (χ1n) is 4.64. The van der Waals surface area contributed by atoms with Crippen LogP contribution in [0.25, 0.3) is 0 Å². The molecular weight excluding hydrogens is 168 g/mol. The molecule has 0 spiro atoms. The smallest absolute Gasteiger partial charge is 0.236 e. The van der Waals surface area contributed by atoms with Crippen molar-refractivity contribution in [1.82, 2.24) is 10.6 Å². The lowest BCUT2D eigenvalue weighted by atomic mass is 10.3. The molecule has 0 fully saturated rings. The second kappa shape index (κ2) is 6.86. The number of carbonyl (C=O) groups is 1. The highest BCUT2D eigenvalue weighted by atomic mass is 16.5. The third kappa shape index (κ3) is 6.54. The Morgan fingerprint density at radius 3 is 2.46 bits per heavy atom. The Balaban J connectivity index is 3.37. The van der Waals surface area contributed by atoms with E-state index in [1.165, 1.54) is 0 Å². The zero-order valence-electron chi connectivity index (χ0n) is 8.89. The number of likely N-dealkylation sites (N-methyl/N-ethyl adjacent to an activating group) is 1. The van der Waals surface area contributed by atoms with Crippen LogP contribution in [-0.4, -0.2) is 38.3 Å². The summed E-state index contributed by atoms with van der Waals surface area (Å²) in [5, 5.41) is 5.62. The Morgan fingerprint density at radius 1 is 1.38 bits per heavy atom. The van der Waals surface area contributed by atoms with Gasteiger partial charge in [0.05, 0.1) is 18.8 Å². The molecule has 0 unspecified atom stereocenters. The van der Waals surface area contributed by atoms with Crippen molar-refractivity contribution in [2.24, 2.45) is 0 Å². The van der Waals surface area contributed by atoms with E-state index in [0.29, 0.717) is 13.2 Å². The van der Waals surface area contributed by atoms with E-state index in [4.69, 9.17) is 4.74 Å². The lowest BCUT2D eigenvalue weighted by Crippen LogP contribution is -2.41. The van der Waals surface area contributed by atoms with E-state index in [1.54, 1.807) is 7.05 Å².